The molecule has 2 amide bonds. The van der Waals surface area contributed by atoms with E-state index < -0.39 is 23.8 Å². The molecule has 2 heterocycles. The summed E-state index contributed by atoms with van der Waals surface area (Å²) in [6, 6.07) is 19.1. The number of hydrogen-bond donors (Lipinski definition) is 5. The smallest absolute Gasteiger partial charge is 0.349 e. The van der Waals surface area contributed by atoms with Crippen LogP contribution in [0.5, 0.6) is 11.5 Å². The fraction of sp³-hybridized carbons (Fsp3) is 0.103. The molecule has 2 aromatic heterocycles. The van der Waals surface area contributed by atoms with Crippen molar-refractivity contribution >= 4 is 46.4 Å². The van der Waals surface area contributed by atoms with E-state index in [1.165, 1.54) is 43.5 Å². The van der Waals surface area contributed by atoms with Crippen molar-refractivity contribution in [3.63, 3.8) is 0 Å². The Kier molecular flexibility index (Phi) is 10.9. The quantitative estimate of drug-likeness (QED) is 0.179. The average Bonchev–Trinajstić information content (AvgIpc) is 3.64. The number of thiophene rings is 2. The second-order valence-electron chi connectivity index (χ2n) is 8.43. The van der Waals surface area contributed by atoms with Gasteiger partial charge in [0, 0.05) is 13.1 Å². The zero-order valence-electron chi connectivity index (χ0n) is 22.3. The van der Waals surface area contributed by atoms with Gasteiger partial charge in [-0.3, -0.25) is 9.59 Å². The number of esters is 1. The number of aromatic hydroxyl groups is 2. The summed E-state index contributed by atoms with van der Waals surface area (Å²) < 4.78 is 4.58. The zero-order valence-corrected chi connectivity index (χ0v) is 23.9. The first kappa shape index (κ1) is 31.8. The molecular weight excluding hydrogens is 596 g/mol. The number of nitrogens with one attached hydrogen (secondary N) is 2. The Morgan fingerprint density at radius 1 is 0.767 bits per heavy atom. The van der Waals surface area contributed by atoms with E-state index in [9.17, 15) is 29.4 Å². The van der Waals surface area contributed by atoms with E-state index in [1.807, 2.05) is 6.07 Å². The van der Waals surface area contributed by atoms with Gasteiger partial charge in [-0.25, -0.2) is 9.59 Å². The first-order valence-corrected chi connectivity index (χ1v) is 13.7. The third-order valence-corrected chi connectivity index (χ3v) is 7.68. The van der Waals surface area contributed by atoms with Gasteiger partial charge < -0.3 is 30.7 Å². The van der Waals surface area contributed by atoms with Crippen molar-refractivity contribution in [1.82, 2.24) is 10.6 Å². The van der Waals surface area contributed by atoms with Gasteiger partial charge in [0.1, 0.15) is 33.4 Å². The lowest BCUT2D eigenvalue weighted by Gasteiger charge is -2.04. The van der Waals surface area contributed by atoms with Crippen molar-refractivity contribution in [3.8, 4) is 23.6 Å². The highest BCUT2D eigenvalue weighted by molar-refractivity contribution is 7.16. The second-order valence-corrected chi connectivity index (χ2v) is 10.5. The standard InChI is InChI=1S/C15H12N2O4S.C14H10N2O4S/c1-21-15(20)13-10(7-16)6-12(22-13)14(19)17-8-9-3-2-4-11(18)5-9;15-6-9-5-11(21-12(9)14(19)20)13(18)16-7-8-2-1-3-10(17)4-8/h2-6,18H,8H2,1H3,(H,17,19);1-5,17H,7H2,(H,16,18)(H,19,20). The van der Waals surface area contributed by atoms with E-state index in [2.05, 4.69) is 15.4 Å². The molecular formula is C29H22N4O8S2. The average molecular weight is 619 g/mol. The van der Waals surface area contributed by atoms with E-state index in [-0.39, 0.29) is 55.2 Å². The number of nitrogens with zero attached hydrogens (tertiary/aromatic N) is 2. The van der Waals surface area contributed by atoms with Crippen molar-refractivity contribution in [1.29, 1.82) is 10.5 Å². The minimum atomic E-state index is -1.23. The molecule has 0 radical (unpaired) electrons. The Bertz CT molecular complexity index is 1760. The van der Waals surface area contributed by atoms with Crippen LogP contribution >= 0.6 is 22.7 Å². The lowest BCUT2D eigenvalue weighted by molar-refractivity contribution is 0.0604. The van der Waals surface area contributed by atoms with Crippen molar-refractivity contribution in [2.75, 3.05) is 7.11 Å². The molecule has 12 nitrogen and oxygen atoms in total. The summed E-state index contributed by atoms with van der Waals surface area (Å²) in [6.07, 6.45) is 0. The summed E-state index contributed by atoms with van der Waals surface area (Å²) >= 11 is 1.66. The van der Waals surface area contributed by atoms with Crippen LogP contribution in [0.2, 0.25) is 0 Å². The molecule has 4 aromatic rings. The molecule has 0 bridgehead atoms. The highest BCUT2D eigenvalue weighted by Gasteiger charge is 2.20. The topological polar surface area (TPSA) is 210 Å². The molecule has 0 atom stereocenters. The Labute approximate surface area is 252 Å². The SMILES string of the molecule is COC(=O)c1sc(C(=O)NCc2cccc(O)c2)cc1C#N.N#Cc1cc(C(=O)NCc2cccc(O)c2)sc1C(=O)O. The largest absolute Gasteiger partial charge is 0.508 e. The predicted octanol–water partition coefficient (Wildman–Crippen LogP) is 4.00. The Morgan fingerprint density at radius 2 is 1.21 bits per heavy atom. The maximum absolute atomic E-state index is 12.1. The Balaban J connectivity index is 0.000000236. The molecule has 218 valence electrons. The summed E-state index contributed by atoms with van der Waals surface area (Å²) in [6.45, 7) is 0.413. The van der Waals surface area contributed by atoms with Gasteiger partial charge in [0.15, 0.2) is 0 Å². The van der Waals surface area contributed by atoms with Gasteiger partial charge in [0.2, 0.25) is 0 Å². The number of carbonyl (C=O) groups excluding carboxylic acids is 3. The van der Waals surface area contributed by atoms with Crippen LogP contribution in [0.15, 0.2) is 60.7 Å². The highest BCUT2D eigenvalue weighted by atomic mass is 32.1. The number of carboxylic acid groups (broad SMARTS) is 1. The van der Waals surface area contributed by atoms with Crippen LogP contribution in [-0.4, -0.2) is 46.2 Å². The lowest BCUT2D eigenvalue weighted by Crippen LogP contribution is -2.21. The summed E-state index contributed by atoms with van der Waals surface area (Å²) in [4.78, 5) is 46.8. The van der Waals surface area contributed by atoms with Gasteiger partial charge in [0.05, 0.1) is 28.0 Å². The number of rotatable bonds is 8. The molecule has 0 fully saturated rings. The summed E-state index contributed by atoms with van der Waals surface area (Å²) in [5.41, 5.74) is 1.52. The van der Waals surface area contributed by atoms with Gasteiger partial charge in [-0.2, -0.15) is 10.5 Å². The van der Waals surface area contributed by atoms with E-state index in [1.54, 1.807) is 30.3 Å². The fourth-order valence-corrected chi connectivity index (χ4v) is 5.25. The van der Waals surface area contributed by atoms with Crippen LogP contribution in [0.3, 0.4) is 0 Å². The Morgan fingerprint density at radius 3 is 1.58 bits per heavy atom. The molecule has 0 aliphatic rings. The van der Waals surface area contributed by atoms with E-state index in [0.717, 1.165) is 28.2 Å². The molecule has 0 saturated heterocycles. The summed E-state index contributed by atoms with van der Waals surface area (Å²) in [7, 11) is 1.21. The lowest BCUT2D eigenvalue weighted by atomic mass is 10.2. The number of methoxy groups -OCH3 is 1. The minimum Gasteiger partial charge on any atom is -0.508 e. The van der Waals surface area contributed by atoms with Crippen LogP contribution in [0.25, 0.3) is 0 Å². The van der Waals surface area contributed by atoms with Crippen LogP contribution in [0.4, 0.5) is 0 Å². The number of nitriles is 2. The number of phenolic OH excluding ortho intramolecular Hbond substituents is 2. The summed E-state index contributed by atoms with van der Waals surface area (Å²) in [5.74, 6) is -2.54. The number of benzene rings is 2. The molecule has 0 aliphatic carbocycles. The molecule has 0 aliphatic heterocycles. The number of carbonyl (C=O) groups is 4. The zero-order chi connectivity index (χ0) is 31.5. The van der Waals surface area contributed by atoms with Gasteiger partial charge in [0.25, 0.3) is 11.8 Å². The normalized spacial score (nSPS) is 9.84. The monoisotopic (exact) mass is 618 g/mol. The number of amides is 2. The van der Waals surface area contributed by atoms with Crippen LogP contribution in [0, 0.1) is 22.7 Å². The third-order valence-electron chi connectivity index (χ3n) is 5.44. The number of carboxylic acids is 1. The van der Waals surface area contributed by atoms with Gasteiger partial charge in [-0.05, 0) is 47.5 Å². The summed E-state index contributed by atoms with van der Waals surface area (Å²) in [5, 5.41) is 50.7. The van der Waals surface area contributed by atoms with Crippen molar-refractivity contribution in [3.05, 3.63) is 102 Å². The van der Waals surface area contributed by atoms with E-state index >= 15 is 0 Å². The Hall–Kier alpha value is -5.70. The molecule has 0 spiro atoms. The predicted molar refractivity (Wildman–Crippen MR) is 155 cm³/mol. The van der Waals surface area contributed by atoms with E-state index in [0.29, 0.717) is 5.56 Å². The molecule has 4 rings (SSSR count). The number of hydrogen-bond acceptors (Lipinski definition) is 11. The number of phenols is 2. The molecule has 43 heavy (non-hydrogen) atoms. The third kappa shape index (κ3) is 8.64. The van der Waals surface area contributed by atoms with Gasteiger partial charge in [-0.15, -0.1) is 22.7 Å². The molecule has 14 heteroatoms. The number of aromatic carboxylic acids is 1. The molecule has 0 saturated carbocycles. The van der Waals surface area contributed by atoms with Crippen molar-refractivity contribution in [2.24, 2.45) is 0 Å². The second kappa shape index (κ2) is 14.8. The van der Waals surface area contributed by atoms with Crippen LogP contribution in [-0.2, 0) is 17.8 Å². The molecule has 2 aromatic carbocycles. The van der Waals surface area contributed by atoms with Gasteiger partial charge >= 0.3 is 11.9 Å². The van der Waals surface area contributed by atoms with E-state index in [4.69, 9.17) is 15.6 Å². The maximum atomic E-state index is 12.1. The molecule has 5 N–H and O–H groups in total. The highest BCUT2D eigenvalue weighted by Crippen LogP contribution is 2.24. The first-order valence-electron chi connectivity index (χ1n) is 12.1. The fourth-order valence-electron chi connectivity index (χ4n) is 3.45. The first-order chi connectivity index (χ1) is 20.6. The van der Waals surface area contributed by atoms with Crippen molar-refractivity contribution in [2.45, 2.75) is 13.1 Å². The maximum Gasteiger partial charge on any atom is 0.349 e. The minimum absolute atomic E-state index is 0.0324. The van der Waals surface area contributed by atoms with Crippen LogP contribution < -0.4 is 10.6 Å². The molecule has 0 unspecified atom stereocenters. The van der Waals surface area contributed by atoms with Gasteiger partial charge in [-0.1, -0.05) is 24.3 Å². The van der Waals surface area contributed by atoms with Crippen molar-refractivity contribution < 1.29 is 39.2 Å². The number of ether oxygens (including phenoxy) is 1. The van der Waals surface area contributed by atoms with Crippen LogP contribution in [0.1, 0.15) is 60.9 Å².